The van der Waals surface area contributed by atoms with Crippen molar-refractivity contribution in [2.24, 2.45) is 0 Å². The van der Waals surface area contributed by atoms with Gasteiger partial charge in [0.25, 0.3) is 0 Å². The second-order valence-electron chi connectivity index (χ2n) is 15.2. The summed E-state index contributed by atoms with van der Waals surface area (Å²) in [6.07, 6.45) is 17.3. The number of hydrogen-bond acceptors (Lipinski definition) is 15. The summed E-state index contributed by atoms with van der Waals surface area (Å²) in [4.78, 5) is 11.7. The molecule has 0 atom stereocenters. The molecule has 65 heavy (non-hydrogen) atoms. The summed E-state index contributed by atoms with van der Waals surface area (Å²) < 4.78 is 77.0. The molecular weight excluding hydrogens is 843 g/mol. The average molecular weight is 934 g/mol. The molecule has 0 aliphatic rings. The Bertz CT molecular complexity index is 1050. The lowest BCUT2D eigenvalue weighted by Crippen LogP contribution is -2.28. The molecule has 0 heterocycles. The number of alkyl carbamates (subject to hydrolysis) is 1. The van der Waals surface area contributed by atoms with Crippen LogP contribution >= 0.6 is 0 Å². The van der Waals surface area contributed by atoms with Crippen LogP contribution in [0.25, 0.3) is 0 Å². The van der Waals surface area contributed by atoms with Gasteiger partial charge in [-0.3, -0.25) is 0 Å². The van der Waals surface area contributed by atoms with Crippen LogP contribution in [0.1, 0.15) is 96.0 Å². The molecule has 0 aliphatic heterocycles. The topological polar surface area (TPSA) is 158 Å². The Morgan fingerprint density at radius 1 is 0.338 bits per heavy atom. The maximum atomic E-state index is 11.7. The first-order valence-electron chi connectivity index (χ1n) is 24.8. The Morgan fingerprint density at radius 2 is 0.600 bits per heavy atom. The van der Waals surface area contributed by atoms with Gasteiger partial charge in [0.05, 0.1) is 165 Å². The van der Waals surface area contributed by atoms with Crippen molar-refractivity contribution in [3.63, 3.8) is 0 Å². The standard InChI is InChI=1S/C49H91NO15/c1-2-3-4-5-6-7-8-9-10-11-12-13-17-21-52-23-25-54-27-29-56-31-33-58-35-37-60-39-41-62-43-45-64-46-44-63-42-40-61-38-36-59-34-32-57-30-28-55-26-24-53-22-20-50-49(51)65-47-48-18-15-14-16-19-48/h14-16,18-19H,2-13,17,20-47H2,1H3,(H,50,51). The van der Waals surface area contributed by atoms with Crippen LogP contribution in [0.15, 0.2) is 30.3 Å². The van der Waals surface area contributed by atoms with Gasteiger partial charge in [0.1, 0.15) is 6.61 Å². The normalized spacial score (nSPS) is 11.5. The minimum Gasteiger partial charge on any atom is -0.445 e. The van der Waals surface area contributed by atoms with Crippen LogP contribution < -0.4 is 5.32 Å². The zero-order valence-corrected chi connectivity index (χ0v) is 40.5. The van der Waals surface area contributed by atoms with Gasteiger partial charge < -0.3 is 71.6 Å². The number of hydrogen-bond donors (Lipinski definition) is 1. The molecule has 1 N–H and O–H groups in total. The van der Waals surface area contributed by atoms with E-state index in [0.717, 1.165) is 18.6 Å². The smallest absolute Gasteiger partial charge is 0.407 e. The van der Waals surface area contributed by atoms with Crippen LogP contribution in [-0.4, -0.2) is 184 Å². The van der Waals surface area contributed by atoms with E-state index in [1.165, 1.54) is 77.0 Å². The zero-order valence-electron chi connectivity index (χ0n) is 40.5. The lowest BCUT2D eigenvalue weighted by atomic mass is 10.0. The van der Waals surface area contributed by atoms with Crippen molar-refractivity contribution in [2.45, 2.75) is 97.0 Å². The molecular formula is C49H91NO15. The monoisotopic (exact) mass is 934 g/mol. The van der Waals surface area contributed by atoms with Crippen molar-refractivity contribution in [1.82, 2.24) is 5.32 Å². The van der Waals surface area contributed by atoms with E-state index in [1.54, 1.807) is 0 Å². The number of carbonyl (C=O) groups excluding carboxylic acids is 1. The van der Waals surface area contributed by atoms with Crippen molar-refractivity contribution in [3.8, 4) is 0 Å². The summed E-state index contributed by atoms with van der Waals surface area (Å²) in [5, 5.41) is 2.65. The third-order valence-corrected chi connectivity index (χ3v) is 9.58. The van der Waals surface area contributed by atoms with Gasteiger partial charge in [0, 0.05) is 13.2 Å². The van der Waals surface area contributed by atoms with E-state index < -0.39 is 6.09 Å². The van der Waals surface area contributed by atoms with Gasteiger partial charge in [-0.2, -0.15) is 0 Å². The van der Waals surface area contributed by atoms with Gasteiger partial charge >= 0.3 is 6.09 Å². The average Bonchev–Trinajstić information content (AvgIpc) is 3.32. The summed E-state index contributed by atoms with van der Waals surface area (Å²) in [5.74, 6) is 0. The van der Waals surface area contributed by atoms with E-state index in [2.05, 4.69) is 12.2 Å². The Kier molecular flexibility index (Phi) is 51.2. The second-order valence-corrected chi connectivity index (χ2v) is 15.2. The minimum absolute atomic E-state index is 0.236. The molecule has 0 radical (unpaired) electrons. The molecule has 16 nitrogen and oxygen atoms in total. The Balaban J connectivity index is 1.60. The van der Waals surface area contributed by atoms with Crippen LogP contribution in [0.3, 0.4) is 0 Å². The quantitative estimate of drug-likeness (QED) is 0.0653. The zero-order chi connectivity index (χ0) is 46.3. The molecule has 0 aromatic heterocycles. The largest absolute Gasteiger partial charge is 0.445 e. The fourth-order valence-electron chi connectivity index (χ4n) is 5.96. The van der Waals surface area contributed by atoms with Gasteiger partial charge in [-0.15, -0.1) is 0 Å². The first-order valence-corrected chi connectivity index (χ1v) is 24.8. The lowest BCUT2D eigenvalue weighted by Gasteiger charge is -2.09. The fraction of sp³-hybridized carbons (Fsp3) is 0.857. The Hall–Kier alpha value is -2.03. The van der Waals surface area contributed by atoms with Gasteiger partial charge in [0.2, 0.25) is 0 Å². The number of amides is 1. The van der Waals surface area contributed by atoms with E-state index in [-0.39, 0.29) is 6.61 Å². The summed E-state index contributed by atoms with van der Waals surface area (Å²) in [7, 11) is 0. The van der Waals surface area contributed by atoms with E-state index >= 15 is 0 Å². The Labute approximate surface area is 392 Å². The molecule has 0 aliphatic carbocycles. The maximum Gasteiger partial charge on any atom is 0.407 e. The number of benzene rings is 1. The first kappa shape index (κ1) is 61.0. The van der Waals surface area contributed by atoms with E-state index in [0.29, 0.717) is 172 Å². The van der Waals surface area contributed by atoms with Crippen molar-refractivity contribution >= 4 is 6.09 Å². The van der Waals surface area contributed by atoms with Crippen LogP contribution in [0.2, 0.25) is 0 Å². The third-order valence-electron chi connectivity index (χ3n) is 9.58. The molecule has 16 heteroatoms. The third kappa shape index (κ3) is 51.2. The predicted molar refractivity (Wildman–Crippen MR) is 251 cm³/mol. The molecule has 0 spiro atoms. The summed E-state index contributed by atoms with van der Waals surface area (Å²) >= 11 is 0. The minimum atomic E-state index is -0.469. The molecule has 0 fully saturated rings. The number of ether oxygens (including phenoxy) is 14. The maximum absolute atomic E-state index is 11.7. The molecule has 1 amide bonds. The fourth-order valence-corrected chi connectivity index (χ4v) is 5.96. The highest BCUT2D eigenvalue weighted by atomic mass is 16.6. The highest BCUT2D eigenvalue weighted by Gasteiger charge is 2.02. The molecule has 1 aromatic carbocycles. The Morgan fingerprint density at radius 3 is 0.908 bits per heavy atom. The number of unbranched alkanes of at least 4 members (excludes halogenated alkanes) is 12. The molecule has 382 valence electrons. The molecule has 0 saturated carbocycles. The van der Waals surface area contributed by atoms with Crippen LogP contribution in [-0.2, 0) is 72.9 Å². The van der Waals surface area contributed by atoms with Crippen LogP contribution in [0.5, 0.6) is 0 Å². The second kappa shape index (κ2) is 54.6. The van der Waals surface area contributed by atoms with Crippen LogP contribution in [0.4, 0.5) is 4.79 Å². The molecule has 0 bridgehead atoms. The van der Waals surface area contributed by atoms with Crippen molar-refractivity contribution in [2.75, 3.05) is 178 Å². The highest BCUT2D eigenvalue weighted by Crippen LogP contribution is 2.12. The van der Waals surface area contributed by atoms with Gasteiger partial charge in [-0.1, -0.05) is 114 Å². The van der Waals surface area contributed by atoms with Gasteiger partial charge in [-0.25, -0.2) is 4.79 Å². The first-order chi connectivity index (χ1) is 32.3. The van der Waals surface area contributed by atoms with Crippen molar-refractivity contribution < 1.29 is 71.1 Å². The van der Waals surface area contributed by atoms with Gasteiger partial charge in [0.15, 0.2) is 0 Å². The molecule has 1 aromatic rings. The lowest BCUT2D eigenvalue weighted by molar-refractivity contribution is -0.0290. The van der Waals surface area contributed by atoms with Gasteiger partial charge in [-0.05, 0) is 12.0 Å². The number of rotatable bonds is 55. The summed E-state index contributed by atoms with van der Waals surface area (Å²) in [5.41, 5.74) is 0.937. The predicted octanol–water partition coefficient (Wildman–Crippen LogP) is 7.22. The molecule has 0 saturated heterocycles. The van der Waals surface area contributed by atoms with E-state index in [4.69, 9.17) is 66.3 Å². The highest BCUT2D eigenvalue weighted by molar-refractivity contribution is 5.67. The van der Waals surface area contributed by atoms with E-state index in [9.17, 15) is 4.79 Å². The number of carbonyl (C=O) groups is 1. The molecule has 1 rings (SSSR count). The molecule has 0 unspecified atom stereocenters. The van der Waals surface area contributed by atoms with Crippen molar-refractivity contribution in [1.29, 1.82) is 0 Å². The van der Waals surface area contributed by atoms with Crippen LogP contribution in [0, 0.1) is 0 Å². The van der Waals surface area contributed by atoms with E-state index in [1.807, 2.05) is 30.3 Å². The summed E-state index contributed by atoms with van der Waals surface area (Å²) in [6, 6.07) is 9.52. The summed E-state index contributed by atoms with van der Waals surface area (Å²) in [6.45, 7) is 16.3. The van der Waals surface area contributed by atoms with Crippen molar-refractivity contribution in [3.05, 3.63) is 35.9 Å². The SMILES string of the molecule is CCCCCCCCCCCCCCCOCCOCCOCCOCCOCCOCCOCCOCCOCCOCCOCCOCCOCCNC(=O)OCc1ccccc1. The number of nitrogens with one attached hydrogen (secondary N) is 1.